The standard InChI is InChI=1S/C15H17NO2S/c16-14-4-1-12(2-5-14)3-6-15(17)18-9-7-13-8-10-19-11-13/h1-2,4-5,8,10-11H,3,6-7,9,16H2. The van der Waals surface area contributed by atoms with E-state index >= 15 is 0 Å². The summed E-state index contributed by atoms with van der Waals surface area (Å²) in [6.07, 6.45) is 1.89. The number of ether oxygens (including phenoxy) is 1. The van der Waals surface area contributed by atoms with Crippen LogP contribution in [0.1, 0.15) is 17.5 Å². The van der Waals surface area contributed by atoms with Gasteiger partial charge < -0.3 is 10.5 Å². The molecule has 1 aromatic carbocycles. The van der Waals surface area contributed by atoms with Crippen LogP contribution in [-0.2, 0) is 22.4 Å². The molecule has 0 saturated heterocycles. The molecule has 0 spiro atoms. The van der Waals surface area contributed by atoms with Gasteiger partial charge in [0, 0.05) is 18.5 Å². The Morgan fingerprint density at radius 3 is 2.58 bits per heavy atom. The van der Waals surface area contributed by atoms with Crippen molar-refractivity contribution in [2.75, 3.05) is 12.3 Å². The van der Waals surface area contributed by atoms with Gasteiger partial charge in [-0.25, -0.2) is 0 Å². The number of nitrogen functional groups attached to an aromatic ring is 1. The molecule has 1 heterocycles. The van der Waals surface area contributed by atoms with E-state index in [1.165, 1.54) is 5.56 Å². The van der Waals surface area contributed by atoms with E-state index < -0.39 is 0 Å². The Morgan fingerprint density at radius 1 is 1.11 bits per heavy atom. The minimum absolute atomic E-state index is 0.146. The van der Waals surface area contributed by atoms with E-state index in [1.54, 1.807) is 11.3 Å². The maximum atomic E-state index is 11.6. The highest BCUT2D eigenvalue weighted by Gasteiger charge is 2.04. The second-order valence-electron chi connectivity index (χ2n) is 4.34. The van der Waals surface area contributed by atoms with Crippen molar-refractivity contribution in [3.8, 4) is 0 Å². The fourth-order valence-electron chi connectivity index (χ4n) is 1.72. The molecule has 1 aromatic heterocycles. The van der Waals surface area contributed by atoms with Gasteiger partial charge in [-0.05, 0) is 46.5 Å². The zero-order chi connectivity index (χ0) is 13.5. The number of anilines is 1. The van der Waals surface area contributed by atoms with Crippen molar-refractivity contribution in [3.63, 3.8) is 0 Å². The summed E-state index contributed by atoms with van der Waals surface area (Å²) in [6, 6.07) is 9.61. The van der Waals surface area contributed by atoms with Crippen LogP contribution in [0.5, 0.6) is 0 Å². The summed E-state index contributed by atoms with van der Waals surface area (Å²) in [6.45, 7) is 0.456. The highest BCUT2D eigenvalue weighted by molar-refractivity contribution is 7.07. The number of rotatable bonds is 6. The first kappa shape index (κ1) is 13.6. The Balaban J connectivity index is 1.65. The predicted octanol–water partition coefficient (Wildman–Crippen LogP) is 3.05. The van der Waals surface area contributed by atoms with E-state index in [1.807, 2.05) is 35.7 Å². The van der Waals surface area contributed by atoms with E-state index in [0.717, 1.165) is 17.7 Å². The van der Waals surface area contributed by atoms with Crippen molar-refractivity contribution >= 4 is 23.0 Å². The summed E-state index contributed by atoms with van der Waals surface area (Å²) in [7, 11) is 0. The lowest BCUT2D eigenvalue weighted by Crippen LogP contribution is -2.08. The van der Waals surface area contributed by atoms with Gasteiger partial charge in [-0.15, -0.1) is 0 Å². The van der Waals surface area contributed by atoms with Gasteiger partial charge in [0.25, 0.3) is 0 Å². The predicted molar refractivity (Wildman–Crippen MR) is 78.2 cm³/mol. The molecule has 0 bridgehead atoms. The molecule has 0 amide bonds. The molecule has 19 heavy (non-hydrogen) atoms. The molecular formula is C15H17NO2S. The number of aryl methyl sites for hydroxylation is 1. The molecule has 2 rings (SSSR count). The SMILES string of the molecule is Nc1ccc(CCC(=O)OCCc2ccsc2)cc1. The van der Waals surface area contributed by atoms with Crippen LogP contribution in [0.3, 0.4) is 0 Å². The molecule has 0 aliphatic heterocycles. The zero-order valence-corrected chi connectivity index (χ0v) is 11.5. The van der Waals surface area contributed by atoms with Crippen LogP contribution in [0.2, 0.25) is 0 Å². The van der Waals surface area contributed by atoms with Crippen LogP contribution < -0.4 is 5.73 Å². The Labute approximate surface area is 117 Å². The normalized spacial score (nSPS) is 10.3. The molecule has 2 aromatic rings. The van der Waals surface area contributed by atoms with Crippen molar-refractivity contribution in [3.05, 3.63) is 52.2 Å². The summed E-state index contributed by atoms with van der Waals surface area (Å²) in [5.41, 5.74) is 8.66. The summed E-state index contributed by atoms with van der Waals surface area (Å²) < 4.78 is 5.20. The molecule has 0 saturated carbocycles. The first-order chi connectivity index (χ1) is 9.24. The molecule has 0 aliphatic rings. The van der Waals surface area contributed by atoms with Crippen LogP contribution in [0, 0.1) is 0 Å². The summed E-state index contributed by atoms with van der Waals surface area (Å²) >= 11 is 1.66. The van der Waals surface area contributed by atoms with Crippen LogP contribution in [0.15, 0.2) is 41.1 Å². The van der Waals surface area contributed by atoms with E-state index in [-0.39, 0.29) is 5.97 Å². The zero-order valence-electron chi connectivity index (χ0n) is 10.7. The van der Waals surface area contributed by atoms with Gasteiger partial charge in [-0.3, -0.25) is 4.79 Å². The lowest BCUT2D eigenvalue weighted by atomic mass is 10.1. The van der Waals surface area contributed by atoms with Gasteiger partial charge in [0.2, 0.25) is 0 Å². The van der Waals surface area contributed by atoms with Gasteiger partial charge >= 0.3 is 5.97 Å². The molecule has 0 fully saturated rings. The van der Waals surface area contributed by atoms with Crippen LogP contribution in [-0.4, -0.2) is 12.6 Å². The van der Waals surface area contributed by atoms with E-state index in [9.17, 15) is 4.79 Å². The van der Waals surface area contributed by atoms with Crippen molar-refractivity contribution in [1.29, 1.82) is 0 Å². The largest absolute Gasteiger partial charge is 0.465 e. The Bertz CT molecular complexity index is 505. The van der Waals surface area contributed by atoms with Crippen molar-refractivity contribution in [2.24, 2.45) is 0 Å². The van der Waals surface area contributed by atoms with Gasteiger partial charge in [-0.1, -0.05) is 12.1 Å². The second kappa shape index (κ2) is 6.95. The van der Waals surface area contributed by atoms with Crippen molar-refractivity contribution in [2.45, 2.75) is 19.3 Å². The number of carbonyl (C=O) groups is 1. The highest BCUT2D eigenvalue weighted by atomic mass is 32.1. The average Bonchev–Trinajstić information content (AvgIpc) is 2.91. The Kier molecular flexibility index (Phi) is 4.98. The fraction of sp³-hybridized carbons (Fsp3) is 0.267. The average molecular weight is 275 g/mol. The number of nitrogens with two attached hydrogens (primary N) is 1. The van der Waals surface area contributed by atoms with Crippen molar-refractivity contribution in [1.82, 2.24) is 0 Å². The molecule has 4 heteroatoms. The number of thiophene rings is 1. The Hall–Kier alpha value is -1.81. The molecule has 3 nitrogen and oxygen atoms in total. The lowest BCUT2D eigenvalue weighted by molar-refractivity contribution is -0.143. The maximum Gasteiger partial charge on any atom is 0.306 e. The number of benzene rings is 1. The topological polar surface area (TPSA) is 52.3 Å². The van der Waals surface area contributed by atoms with Crippen molar-refractivity contribution < 1.29 is 9.53 Å². The van der Waals surface area contributed by atoms with Crippen LogP contribution in [0.25, 0.3) is 0 Å². The molecule has 2 N–H and O–H groups in total. The smallest absolute Gasteiger partial charge is 0.306 e. The fourth-order valence-corrected chi connectivity index (χ4v) is 2.42. The molecule has 0 radical (unpaired) electrons. The lowest BCUT2D eigenvalue weighted by Gasteiger charge is -2.04. The minimum atomic E-state index is -0.146. The molecule has 0 atom stereocenters. The van der Waals surface area contributed by atoms with E-state index in [2.05, 4.69) is 5.38 Å². The summed E-state index contributed by atoms with van der Waals surface area (Å²) in [5, 5.41) is 4.10. The molecule has 100 valence electrons. The third-order valence-electron chi connectivity index (χ3n) is 2.83. The molecule has 0 aliphatic carbocycles. The number of hydrogen-bond donors (Lipinski definition) is 1. The van der Waals surface area contributed by atoms with Crippen LogP contribution in [0.4, 0.5) is 5.69 Å². The first-order valence-corrected chi connectivity index (χ1v) is 7.19. The van der Waals surface area contributed by atoms with E-state index in [0.29, 0.717) is 19.4 Å². The molecule has 0 unspecified atom stereocenters. The third kappa shape index (κ3) is 4.75. The third-order valence-corrected chi connectivity index (χ3v) is 3.56. The quantitative estimate of drug-likeness (QED) is 0.651. The van der Waals surface area contributed by atoms with Gasteiger partial charge in [-0.2, -0.15) is 11.3 Å². The van der Waals surface area contributed by atoms with Crippen LogP contribution >= 0.6 is 11.3 Å². The Morgan fingerprint density at radius 2 is 1.89 bits per heavy atom. The monoisotopic (exact) mass is 275 g/mol. The molecular weight excluding hydrogens is 258 g/mol. The highest BCUT2D eigenvalue weighted by Crippen LogP contribution is 2.09. The number of carbonyl (C=O) groups excluding carboxylic acids is 1. The second-order valence-corrected chi connectivity index (χ2v) is 5.12. The van der Waals surface area contributed by atoms with Gasteiger partial charge in [0.15, 0.2) is 0 Å². The van der Waals surface area contributed by atoms with E-state index in [4.69, 9.17) is 10.5 Å². The summed E-state index contributed by atoms with van der Waals surface area (Å²) in [4.78, 5) is 11.6. The van der Waals surface area contributed by atoms with Gasteiger partial charge in [0.05, 0.1) is 6.61 Å². The minimum Gasteiger partial charge on any atom is -0.465 e. The van der Waals surface area contributed by atoms with Gasteiger partial charge in [0.1, 0.15) is 0 Å². The maximum absolute atomic E-state index is 11.6. The number of hydrogen-bond acceptors (Lipinski definition) is 4. The summed E-state index contributed by atoms with van der Waals surface area (Å²) in [5.74, 6) is -0.146. The first-order valence-electron chi connectivity index (χ1n) is 6.25. The number of esters is 1.